The summed E-state index contributed by atoms with van der Waals surface area (Å²) in [7, 11) is 0. The van der Waals surface area contributed by atoms with Gasteiger partial charge in [0.2, 0.25) is 5.43 Å². The lowest BCUT2D eigenvalue weighted by molar-refractivity contribution is -0.275. The Kier molecular flexibility index (Phi) is 3.94. The van der Waals surface area contributed by atoms with E-state index in [2.05, 4.69) is 9.72 Å². The van der Waals surface area contributed by atoms with Crippen LogP contribution in [-0.2, 0) is 17.9 Å². The summed E-state index contributed by atoms with van der Waals surface area (Å²) >= 11 is 0. The van der Waals surface area contributed by atoms with E-state index in [9.17, 15) is 27.2 Å². The quantitative estimate of drug-likeness (QED) is 0.809. The van der Waals surface area contributed by atoms with Gasteiger partial charge in [0.25, 0.3) is 0 Å². The van der Waals surface area contributed by atoms with Gasteiger partial charge in [0, 0.05) is 11.9 Å². The number of pyridine rings is 1. The monoisotopic (exact) mass is 269 g/mol. The van der Waals surface area contributed by atoms with Crippen LogP contribution in [0.3, 0.4) is 0 Å². The number of aromatic amines is 1. The summed E-state index contributed by atoms with van der Waals surface area (Å²) in [6, 6.07) is 0. The number of carboxylic acids is 1. The van der Waals surface area contributed by atoms with Gasteiger partial charge in [0.1, 0.15) is 6.67 Å². The first-order valence-electron chi connectivity index (χ1n) is 4.51. The Morgan fingerprint density at radius 2 is 2.06 bits per heavy atom. The third kappa shape index (κ3) is 3.47. The maximum absolute atomic E-state index is 12.6. The Labute approximate surface area is 97.0 Å². The maximum atomic E-state index is 12.6. The Bertz CT molecular complexity index is 508. The van der Waals surface area contributed by atoms with Crippen LogP contribution in [-0.4, -0.2) is 22.4 Å². The second kappa shape index (κ2) is 5.07. The number of ether oxygens (including phenoxy) is 1. The molecule has 1 heterocycles. The van der Waals surface area contributed by atoms with Gasteiger partial charge in [-0.25, -0.2) is 4.39 Å². The maximum Gasteiger partial charge on any atom is 0.573 e. The minimum Gasteiger partial charge on any atom is -0.481 e. The van der Waals surface area contributed by atoms with E-state index in [1.807, 2.05) is 0 Å². The van der Waals surface area contributed by atoms with Crippen LogP contribution in [0.4, 0.5) is 17.6 Å². The fraction of sp³-hybridized carbons (Fsp3) is 0.333. The summed E-state index contributed by atoms with van der Waals surface area (Å²) < 4.78 is 51.7. The van der Waals surface area contributed by atoms with E-state index in [0.717, 1.165) is 0 Å². The second-order valence-corrected chi connectivity index (χ2v) is 3.19. The number of nitrogens with one attached hydrogen (secondary N) is 1. The fourth-order valence-electron chi connectivity index (χ4n) is 1.24. The van der Waals surface area contributed by atoms with E-state index in [1.54, 1.807) is 0 Å². The van der Waals surface area contributed by atoms with Crippen molar-refractivity contribution in [1.29, 1.82) is 0 Å². The highest BCUT2D eigenvalue weighted by Gasteiger charge is 2.33. The van der Waals surface area contributed by atoms with Crippen LogP contribution in [0, 0.1) is 0 Å². The molecule has 2 N–H and O–H groups in total. The number of carbonyl (C=O) groups is 1. The lowest BCUT2D eigenvalue weighted by Crippen LogP contribution is -2.24. The van der Waals surface area contributed by atoms with Gasteiger partial charge in [-0.15, -0.1) is 13.2 Å². The third-order valence-corrected chi connectivity index (χ3v) is 1.93. The minimum atomic E-state index is -5.09. The van der Waals surface area contributed by atoms with Gasteiger partial charge in [0.15, 0.2) is 5.75 Å². The average molecular weight is 269 g/mol. The van der Waals surface area contributed by atoms with Crippen LogP contribution in [0.5, 0.6) is 5.75 Å². The number of carboxylic acid groups (broad SMARTS) is 1. The molecule has 100 valence electrons. The smallest absolute Gasteiger partial charge is 0.481 e. The SMILES string of the molecule is O=C(O)Cc1[nH]cc(OC(F)(F)F)c(=O)c1CF. The topological polar surface area (TPSA) is 79.4 Å². The molecule has 18 heavy (non-hydrogen) atoms. The van der Waals surface area contributed by atoms with Crippen LogP contribution in [0.1, 0.15) is 11.3 Å². The largest absolute Gasteiger partial charge is 0.573 e. The summed E-state index contributed by atoms with van der Waals surface area (Å²) in [6.45, 7) is -1.40. The zero-order valence-corrected chi connectivity index (χ0v) is 8.68. The second-order valence-electron chi connectivity index (χ2n) is 3.19. The molecule has 9 heteroatoms. The zero-order valence-electron chi connectivity index (χ0n) is 8.68. The summed E-state index contributed by atoms with van der Waals surface area (Å²) in [4.78, 5) is 23.9. The summed E-state index contributed by atoms with van der Waals surface area (Å²) in [5, 5.41) is 8.48. The van der Waals surface area contributed by atoms with Crippen molar-refractivity contribution in [2.45, 2.75) is 19.5 Å². The molecule has 0 fully saturated rings. The molecule has 0 atom stereocenters. The molecule has 0 aliphatic rings. The Morgan fingerprint density at radius 3 is 2.50 bits per heavy atom. The van der Waals surface area contributed by atoms with Gasteiger partial charge in [-0.3, -0.25) is 9.59 Å². The van der Waals surface area contributed by atoms with Gasteiger partial charge in [0.05, 0.1) is 12.0 Å². The zero-order chi connectivity index (χ0) is 13.9. The van der Waals surface area contributed by atoms with Gasteiger partial charge in [-0.1, -0.05) is 0 Å². The molecule has 0 bridgehead atoms. The lowest BCUT2D eigenvalue weighted by atomic mass is 10.1. The third-order valence-electron chi connectivity index (χ3n) is 1.93. The molecule has 1 rings (SSSR count). The number of aromatic nitrogens is 1. The van der Waals surface area contributed by atoms with E-state index in [4.69, 9.17) is 5.11 Å². The number of alkyl halides is 4. The summed E-state index contributed by atoms with van der Waals surface area (Å²) in [6.07, 6.45) is -5.25. The predicted octanol–water partition coefficient (Wildman–Crippen LogP) is 1.37. The fourth-order valence-corrected chi connectivity index (χ4v) is 1.24. The number of rotatable bonds is 4. The lowest BCUT2D eigenvalue weighted by Gasteiger charge is -2.10. The molecule has 0 saturated carbocycles. The van der Waals surface area contributed by atoms with Crippen LogP contribution in [0.15, 0.2) is 11.0 Å². The molecule has 1 aromatic rings. The van der Waals surface area contributed by atoms with Crippen molar-refractivity contribution in [2.75, 3.05) is 0 Å². The molecular weight excluding hydrogens is 262 g/mol. The Hall–Kier alpha value is -2.06. The van der Waals surface area contributed by atoms with Crippen molar-refractivity contribution in [3.8, 4) is 5.75 Å². The van der Waals surface area contributed by atoms with Crippen LogP contribution < -0.4 is 10.2 Å². The Morgan fingerprint density at radius 1 is 1.44 bits per heavy atom. The highest BCUT2D eigenvalue weighted by atomic mass is 19.4. The number of aliphatic carboxylic acids is 1. The van der Waals surface area contributed by atoms with Gasteiger partial charge in [-0.2, -0.15) is 0 Å². The molecule has 0 aromatic carbocycles. The van der Waals surface area contributed by atoms with Crippen molar-refractivity contribution in [2.24, 2.45) is 0 Å². The first kappa shape index (κ1) is 14.0. The van der Waals surface area contributed by atoms with E-state index in [1.165, 1.54) is 0 Å². The molecule has 0 aliphatic heterocycles. The molecule has 0 radical (unpaired) electrons. The number of H-pyrrole nitrogens is 1. The van der Waals surface area contributed by atoms with Gasteiger partial charge in [-0.05, 0) is 0 Å². The molecule has 0 aliphatic carbocycles. The molecule has 1 aromatic heterocycles. The number of halogens is 4. The molecule has 0 spiro atoms. The Balaban J connectivity index is 3.20. The minimum absolute atomic E-state index is 0.301. The van der Waals surface area contributed by atoms with Crippen molar-refractivity contribution < 1.29 is 32.2 Å². The number of hydrogen-bond acceptors (Lipinski definition) is 3. The molecule has 0 unspecified atom stereocenters. The molecule has 0 amide bonds. The highest BCUT2D eigenvalue weighted by molar-refractivity contribution is 5.70. The highest BCUT2D eigenvalue weighted by Crippen LogP contribution is 2.20. The van der Waals surface area contributed by atoms with Crippen LogP contribution >= 0.6 is 0 Å². The van der Waals surface area contributed by atoms with E-state index in [0.29, 0.717) is 6.20 Å². The van der Waals surface area contributed by atoms with Gasteiger partial charge >= 0.3 is 12.3 Å². The summed E-state index contributed by atoms with van der Waals surface area (Å²) in [5.74, 6) is -2.49. The van der Waals surface area contributed by atoms with Gasteiger partial charge < -0.3 is 14.8 Å². The van der Waals surface area contributed by atoms with Crippen molar-refractivity contribution >= 4 is 5.97 Å². The summed E-state index contributed by atoms with van der Waals surface area (Å²) in [5.41, 5.74) is -2.33. The van der Waals surface area contributed by atoms with Crippen molar-refractivity contribution in [3.05, 3.63) is 27.7 Å². The standard InChI is InChI=1S/C9H7F4NO4/c10-2-4-5(1-7(15)16)14-3-6(8(4)17)18-9(11,12)13/h3H,1-2H2,(H,14,17)(H,15,16). The predicted molar refractivity (Wildman–Crippen MR) is 49.9 cm³/mol. The van der Waals surface area contributed by atoms with E-state index < -0.39 is 42.2 Å². The van der Waals surface area contributed by atoms with E-state index >= 15 is 0 Å². The number of hydrogen-bond donors (Lipinski definition) is 2. The first-order chi connectivity index (χ1) is 8.24. The molecule has 5 nitrogen and oxygen atoms in total. The first-order valence-corrected chi connectivity index (χ1v) is 4.51. The normalized spacial score (nSPS) is 11.3. The van der Waals surface area contributed by atoms with Crippen LogP contribution in [0.25, 0.3) is 0 Å². The van der Waals surface area contributed by atoms with Crippen LogP contribution in [0.2, 0.25) is 0 Å². The molecule has 0 saturated heterocycles. The molecular formula is C9H7F4NO4. The average Bonchev–Trinajstić information content (AvgIpc) is 2.20. The van der Waals surface area contributed by atoms with Crippen molar-refractivity contribution in [3.63, 3.8) is 0 Å². The van der Waals surface area contributed by atoms with E-state index in [-0.39, 0.29) is 5.69 Å². The van der Waals surface area contributed by atoms with Crippen molar-refractivity contribution in [1.82, 2.24) is 4.98 Å².